The summed E-state index contributed by atoms with van der Waals surface area (Å²) in [5, 5.41) is 10.2. The molecule has 25 heavy (non-hydrogen) atoms. The molecule has 0 saturated carbocycles. The van der Waals surface area contributed by atoms with Crippen molar-refractivity contribution < 1.29 is 14.3 Å². The molecule has 2 amide bonds. The van der Waals surface area contributed by atoms with Gasteiger partial charge in [-0.2, -0.15) is 5.10 Å². The maximum atomic E-state index is 12.1. The Morgan fingerprint density at radius 2 is 1.92 bits per heavy atom. The highest BCUT2D eigenvalue weighted by Crippen LogP contribution is 2.27. The van der Waals surface area contributed by atoms with E-state index >= 15 is 0 Å². The predicted molar refractivity (Wildman–Crippen MR) is 96.1 cm³/mol. The van der Waals surface area contributed by atoms with Crippen LogP contribution in [0.15, 0.2) is 24.3 Å². The van der Waals surface area contributed by atoms with Gasteiger partial charge in [-0.1, -0.05) is 6.07 Å². The molecule has 1 heterocycles. The number of aromatic nitrogens is 2. The molecule has 1 aromatic heterocycles. The number of methoxy groups -OCH3 is 2. The number of aryl methyl sites for hydroxylation is 2. The number of carbonyl (C=O) groups excluding carboxylic acids is 1. The lowest BCUT2D eigenvalue weighted by atomic mass is 10.2. The maximum absolute atomic E-state index is 12.1. The van der Waals surface area contributed by atoms with Gasteiger partial charge in [0, 0.05) is 18.3 Å². The van der Waals surface area contributed by atoms with E-state index in [0.29, 0.717) is 24.6 Å². The lowest BCUT2D eigenvalue weighted by Gasteiger charge is -2.16. The van der Waals surface area contributed by atoms with Crippen LogP contribution in [-0.2, 0) is 13.1 Å². The van der Waals surface area contributed by atoms with Gasteiger partial charge in [0.15, 0.2) is 11.5 Å². The minimum Gasteiger partial charge on any atom is -0.493 e. The largest absolute Gasteiger partial charge is 0.493 e. The monoisotopic (exact) mass is 346 g/mol. The smallest absolute Gasteiger partial charge is 0.315 e. The minimum absolute atomic E-state index is 0.0385. The number of carbonyl (C=O) groups is 1. The van der Waals surface area contributed by atoms with E-state index in [0.717, 1.165) is 17.0 Å². The number of nitrogens with zero attached hydrogens (tertiary/aromatic N) is 2. The number of rotatable bonds is 7. The molecule has 2 N–H and O–H groups in total. The standard InChI is InChI=1S/C18H26N4O3/c1-12-8-14(3)22(21-12)11-13(2)20-18(23)19-10-15-6-7-16(24-4)17(9-15)25-5/h6-9,13H,10-11H2,1-5H3,(H2,19,20,23). The van der Waals surface area contributed by atoms with E-state index in [-0.39, 0.29) is 12.1 Å². The molecule has 7 nitrogen and oxygen atoms in total. The molecule has 136 valence electrons. The fourth-order valence-electron chi connectivity index (χ4n) is 2.61. The third kappa shape index (κ3) is 5.14. The number of nitrogens with one attached hydrogen (secondary N) is 2. The van der Waals surface area contributed by atoms with E-state index < -0.39 is 0 Å². The number of hydrogen-bond acceptors (Lipinski definition) is 4. The van der Waals surface area contributed by atoms with E-state index in [2.05, 4.69) is 15.7 Å². The van der Waals surface area contributed by atoms with Gasteiger partial charge in [-0.3, -0.25) is 4.68 Å². The average Bonchev–Trinajstić information content (AvgIpc) is 2.89. The zero-order valence-corrected chi connectivity index (χ0v) is 15.4. The highest BCUT2D eigenvalue weighted by molar-refractivity contribution is 5.74. The Bertz CT molecular complexity index is 727. The van der Waals surface area contributed by atoms with Crippen LogP contribution in [0, 0.1) is 13.8 Å². The Labute approximate surface area is 148 Å². The molecule has 1 aromatic carbocycles. The normalized spacial score (nSPS) is 11.7. The highest BCUT2D eigenvalue weighted by atomic mass is 16.5. The molecular formula is C18H26N4O3. The lowest BCUT2D eigenvalue weighted by Crippen LogP contribution is -2.42. The highest BCUT2D eigenvalue weighted by Gasteiger charge is 2.11. The molecule has 0 saturated heterocycles. The lowest BCUT2D eigenvalue weighted by molar-refractivity contribution is 0.235. The molecule has 7 heteroatoms. The van der Waals surface area contributed by atoms with Gasteiger partial charge in [0.2, 0.25) is 0 Å². The Balaban J connectivity index is 1.85. The molecule has 1 atom stereocenters. The summed E-state index contributed by atoms with van der Waals surface area (Å²) in [4.78, 5) is 12.1. The van der Waals surface area contributed by atoms with Gasteiger partial charge in [-0.15, -0.1) is 0 Å². The van der Waals surface area contributed by atoms with Crippen LogP contribution in [0.2, 0.25) is 0 Å². The fraction of sp³-hybridized carbons (Fsp3) is 0.444. The van der Waals surface area contributed by atoms with Crippen LogP contribution < -0.4 is 20.1 Å². The van der Waals surface area contributed by atoms with E-state index in [1.807, 2.05) is 49.7 Å². The minimum atomic E-state index is -0.219. The third-order valence-electron chi connectivity index (χ3n) is 3.83. The average molecular weight is 346 g/mol. The quantitative estimate of drug-likeness (QED) is 0.807. The first-order valence-corrected chi connectivity index (χ1v) is 8.19. The van der Waals surface area contributed by atoms with E-state index in [1.165, 1.54) is 0 Å². The molecule has 1 unspecified atom stereocenters. The topological polar surface area (TPSA) is 77.4 Å². The molecular weight excluding hydrogens is 320 g/mol. The SMILES string of the molecule is COc1ccc(CNC(=O)NC(C)Cn2nc(C)cc2C)cc1OC. The van der Waals surface area contributed by atoms with Crippen LogP contribution in [0.3, 0.4) is 0 Å². The van der Waals surface area contributed by atoms with E-state index in [1.54, 1.807) is 14.2 Å². The Kier molecular flexibility index (Phi) is 6.27. The van der Waals surface area contributed by atoms with Crippen LogP contribution >= 0.6 is 0 Å². The predicted octanol–water partition coefficient (Wildman–Crippen LogP) is 2.41. The van der Waals surface area contributed by atoms with Gasteiger partial charge in [-0.25, -0.2) is 4.79 Å². The van der Waals surface area contributed by atoms with Crippen molar-refractivity contribution >= 4 is 6.03 Å². The summed E-state index contributed by atoms with van der Waals surface area (Å²) in [6.07, 6.45) is 0. The molecule has 0 bridgehead atoms. The molecule has 0 radical (unpaired) electrons. The van der Waals surface area contributed by atoms with Crippen LogP contribution in [0.4, 0.5) is 4.79 Å². The number of benzene rings is 1. The summed E-state index contributed by atoms with van der Waals surface area (Å²) in [6, 6.07) is 7.31. The molecule has 0 aliphatic heterocycles. The number of hydrogen-bond donors (Lipinski definition) is 2. The molecule has 0 fully saturated rings. The second kappa shape index (κ2) is 8.41. The van der Waals surface area contributed by atoms with Gasteiger partial charge in [0.1, 0.15) is 0 Å². The maximum Gasteiger partial charge on any atom is 0.315 e. The molecule has 0 spiro atoms. The van der Waals surface area contributed by atoms with Gasteiger partial charge < -0.3 is 20.1 Å². The fourth-order valence-corrected chi connectivity index (χ4v) is 2.61. The van der Waals surface area contributed by atoms with Crippen LogP contribution in [0.5, 0.6) is 11.5 Å². The first-order valence-electron chi connectivity index (χ1n) is 8.19. The van der Waals surface area contributed by atoms with Crippen LogP contribution in [0.25, 0.3) is 0 Å². The van der Waals surface area contributed by atoms with Crippen molar-refractivity contribution in [3.05, 3.63) is 41.2 Å². The zero-order valence-electron chi connectivity index (χ0n) is 15.4. The van der Waals surface area contributed by atoms with Crippen molar-refractivity contribution in [2.75, 3.05) is 14.2 Å². The summed E-state index contributed by atoms with van der Waals surface area (Å²) in [7, 11) is 3.18. The number of urea groups is 1. The summed E-state index contributed by atoms with van der Waals surface area (Å²) in [6.45, 7) is 6.94. The van der Waals surface area contributed by atoms with Gasteiger partial charge in [0.05, 0.1) is 26.5 Å². The summed E-state index contributed by atoms with van der Waals surface area (Å²) < 4.78 is 12.4. The van der Waals surface area contributed by atoms with Crippen molar-refractivity contribution in [1.82, 2.24) is 20.4 Å². The second-order valence-electron chi connectivity index (χ2n) is 6.03. The second-order valence-corrected chi connectivity index (χ2v) is 6.03. The number of ether oxygens (including phenoxy) is 2. The van der Waals surface area contributed by atoms with E-state index in [9.17, 15) is 4.79 Å². The molecule has 2 rings (SSSR count). The Morgan fingerprint density at radius 3 is 2.52 bits per heavy atom. The van der Waals surface area contributed by atoms with Crippen LogP contribution in [0.1, 0.15) is 23.9 Å². The van der Waals surface area contributed by atoms with Crippen molar-refractivity contribution in [3.63, 3.8) is 0 Å². The van der Waals surface area contributed by atoms with Gasteiger partial charge in [-0.05, 0) is 44.5 Å². The summed E-state index contributed by atoms with van der Waals surface area (Å²) >= 11 is 0. The van der Waals surface area contributed by atoms with Gasteiger partial charge >= 0.3 is 6.03 Å². The molecule has 2 aromatic rings. The Morgan fingerprint density at radius 1 is 1.20 bits per heavy atom. The first-order chi connectivity index (χ1) is 11.9. The first kappa shape index (κ1) is 18.6. The van der Waals surface area contributed by atoms with Crippen LogP contribution in [-0.4, -0.2) is 36.1 Å². The number of amides is 2. The Hall–Kier alpha value is -2.70. The van der Waals surface area contributed by atoms with Crippen molar-refractivity contribution in [2.24, 2.45) is 0 Å². The van der Waals surface area contributed by atoms with Crippen molar-refractivity contribution in [2.45, 2.75) is 39.9 Å². The van der Waals surface area contributed by atoms with Crippen molar-refractivity contribution in [3.8, 4) is 11.5 Å². The van der Waals surface area contributed by atoms with Crippen molar-refractivity contribution in [1.29, 1.82) is 0 Å². The third-order valence-corrected chi connectivity index (χ3v) is 3.83. The molecule has 0 aliphatic rings. The molecule has 0 aliphatic carbocycles. The summed E-state index contributed by atoms with van der Waals surface area (Å²) in [5.41, 5.74) is 2.98. The summed E-state index contributed by atoms with van der Waals surface area (Å²) in [5.74, 6) is 1.30. The zero-order chi connectivity index (χ0) is 18.4. The van der Waals surface area contributed by atoms with Gasteiger partial charge in [0.25, 0.3) is 0 Å². The van der Waals surface area contributed by atoms with E-state index in [4.69, 9.17) is 9.47 Å².